The summed E-state index contributed by atoms with van der Waals surface area (Å²) in [5.41, 5.74) is 1.46. The van der Waals surface area contributed by atoms with Crippen molar-refractivity contribution in [3.63, 3.8) is 0 Å². The zero-order chi connectivity index (χ0) is 20.2. The number of furan rings is 1. The maximum absolute atomic E-state index is 12.6. The van der Waals surface area contributed by atoms with Crippen LogP contribution in [-0.2, 0) is 16.6 Å². The third-order valence-electron chi connectivity index (χ3n) is 4.45. The fourth-order valence-electron chi connectivity index (χ4n) is 2.82. The molecule has 7 heteroatoms. The van der Waals surface area contributed by atoms with E-state index in [1.165, 1.54) is 6.26 Å². The Bertz CT molecular complexity index is 837. The van der Waals surface area contributed by atoms with Crippen LogP contribution in [-0.4, -0.2) is 37.7 Å². The third kappa shape index (κ3) is 4.61. The van der Waals surface area contributed by atoms with Gasteiger partial charge in [-0.2, -0.15) is 0 Å². The van der Waals surface area contributed by atoms with Crippen LogP contribution < -0.4 is 14.8 Å². The molecule has 0 atom stereocenters. The van der Waals surface area contributed by atoms with Crippen LogP contribution >= 0.6 is 0 Å². The Kier molecular flexibility index (Phi) is 6.15. The molecule has 2 N–H and O–H groups in total. The molecule has 0 spiro atoms. The van der Waals surface area contributed by atoms with Crippen LogP contribution in [0.2, 0.25) is 0 Å². The molecule has 0 radical (unpaired) electrons. The summed E-state index contributed by atoms with van der Waals surface area (Å²) in [6, 6.07) is 5.62. The van der Waals surface area contributed by atoms with Crippen molar-refractivity contribution < 1.29 is 28.6 Å². The number of nitrogens with one attached hydrogen (secondary N) is 1. The first-order valence-electron chi connectivity index (χ1n) is 8.49. The van der Waals surface area contributed by atoms with Crippen LogP contribution in [0, 0.1) is 6.92 Å². The van der Waals surface area contributed by atoms with Crippen molar-refractivity contribution in [3.05, 3.63) is 46.9 Å². The Morgan fingerprint density at radius 2 is 1.85 bits per heavy atom. The number of hydrogen-bond acceptors (Lipinski definition) is 5. The molecule has 0 fully saturated rings. The number of ether oxygens (including phenoxy) is 2. The summed E-state index contributed by atoms with van der Waals surface area (Å²) < 4.78 is 15.8. The second kappa shape index (κ2) is 8.16. The van der Waals surface area contributed by atoms with E-state index in [2.05, 4.69) is 5.32 Å². The number of hydrogen-bond donors (Lipinski definition) is 2. The van der Waals surface area contributed by atoms with E-state index in [1.54, 1.807) is 21.1 Å². The standard InChI is InChI=1S/C20H25NO6/c1-12-10-27-16(9-17(22)23)18(12)19(24)21-11-20(2,3)13-6-7-14(25-4)15(8-13)26-5/h6-8,10H,9,11H2,1-5H3,(H,21,24)(H,22,23). The zero-order valence-electron chi connectivity index (χ0n) is 16.2. The van der Waals surface area contributed by atoms with Gasteiger partial charge in [0.2, 0.25) is 0 Å². The predicted molar refractivity (Wildman–Crippen MR) is 99.7 cm³/mol. The van der Waals surface area contributed by atoms with Gasteiger partial charge in [-0.25, -0.2) is 0 Å². The van der Waals surface area contributed by atoms with Crippen LogP contribution in [0.3, 0.4) is 0 Å². The first-order valence-corrected chi connectivity index (χ1v) is 8.49. The molecule has 146 valence electrons. The summed E-state index contributed by atoms with van der Waals surface area (Å²) in [7, 11) is 3.15. The monoisotopic (exact) mass is 375 g/mol. The highest BCUT2D eigenvalue weighted by Gasteiger charge is 2.26. The van der Waals surface area contributed by atoms with E-state index >= 15 is 0 Å². The lowest BCUT2D eigenvalue weighted by Gasteiger charge is -2.26. The van der Waals surface area contributed by atoms with Gasteiger partial charge in [0.15, 0.2) is 11.5 Å². The highest BCUT2D eigenvalue weighted by atomic mass is 16.5. The number of aryl methyl sites for hydroxylation is 1. The molecule has 0 aliphatic rings. The molecular formula is C20H25NO6. The molecule has 0 aliphatic carbocycles. The Morgan fingerprint density at radius 1 is 1.19 bits per heavy atom. The van der Waals surface area contributed by atoms with E-state index in [1.807, 2.05) is 32.0 Å². The first kappa shape index (κ1) is 20.4. The molecule has 27 heavy (non-hydrogen) atoms. The fraction of sp³-hybridized carbons (Fsp3) is 0.400. The van der Waals surface area contributed by atoms with E-state index in [0.717, 1.165) is 5.56 Å². The van der Waals surface area contributed by atoms with Crippen molar-refractivity contribution in [1.29, 1.82) is 0 Å². The molecule has 1 aromatic heterocycles. The molecule has 2 aromatic rings. The number of carbonyl (C=O) groups is 2. The van der Waals surface area contributed by atoms with Crippen molar-refractivity contribution >= 4 is 11.9 Å². The first-order chi connectivity index (χ1) is 12.7. The molecule has 1 amide bonds. The molecule has 0 unspecified atom stereocenters. The second-order valence-corrected chi connectivity index (χ2v) is 6.92. The lowest BCUT2D eigenvalue weighted by Crippen LogP contribution is -2.37. The van der Waals surface area contributed by atoms with Crippen LogP contribution in [0.15, 0.2) is 28.9 Å². The Labute approximate surface area is 158 Å². The molecular weight excluding hydrogens is 350 g/mol. The number of carboxylic acids is 1. The third-order valence-corrected chi connectivity index (χ3v) is 4.45. The van der Waals surface area contributed by atoms with Gasteiger partial charge in [-0.05, 0) is 24.6 Å². The number of carboxylic acid groups (broad SMARTS) is 1. The Balaban J connectivity index is 2.17. The van der Waals surface area contributed by atoms with E-state index in [4.69, 9.17) is 19.0 Å². The summed E-state index contributed by atoms with van der Waals surface area (Å²) in [6.45, 7) is 6.05. The maximum atomic E-state index is 12.6. The maximum Gasteiger partial charge on any atom is 0.311 e. The second-order valence-electron chi connectivity index (χ2n) is 6.92. The smallest absolute Gasteiger partial charge is 0.311 e. The summed E-state index contributed by atoms with van der Waals surface area (Å²) >= 11 is 0. The van der Waals surface area contributed by atoms with Crippen LogP contribution in [0.5, 0.6) is 11.5 Å². The van der Waals surface area contributed by atoms with Crippen LogP contribution in [0.25, 0.3) is 0 Å². The average molecular weight is 375 g/mol. The van der Waals surface area contributed by atoms with Crippen LogP contribution in [0.4, 0.5) is 0 Å². The molecule has 1 aromatic carbocycles. The predicted octanol–water partition coefficient (Wildman–Crippen LogP) is 2.94. The van der Waals surface area contributed by atoms with Crippen molar-refractivity contribution in [1.82, 2.24) is 5.32 Å². The number of rotatable bonds is 8. The largest absolute Gasteiger partial charge is 0.493 e. The molecule has 0 saturated carbocycles. The summed E-state index contributed by atoms with van der Waals surface area (Å²) in [5, 5.41) is 11.8. The van der Waals surface area contributed by atoms with Crippen molar-refractivity contribution in [2.24, 2.45) is 0 Å². The number of aliphatic carboxylic acids is 1. The minimum absolute atomic E-state index is 0.154. The molecule has 0 aliphatic heterocycles. The summed E-state index contributed by atoms with van der Waals surface area (Å²) in [4.78, 5) is 23.6. The lowest BCUT2D eigenvalue weighted by molar-refractivity contribution is -0.136. The number of methoxy groups -OCH3 is 2. The highest BCUT2D eigenvalue weighted by molar-refractivity contribution is 5.97. The minimum Gasteiger partial charge on any atom is -0.493 e. The van der Waals surface area contributed by atoms with Crippen molar-refractivity contribution in [2.75, 3.05) is 20.8 Å². The topological polar surface area (TPSA) is 98.0 Å². The lowest BCUT2D eigenvalue weighted by atomic mass is 9.84. The molecule has 0 saturated heterocycles. The van der Waals surface area contributed by atoms with Crippen molar-refractivity contribution in [2.45, 2.75) is 32.6 Å². The van der Waals surface area contributed by atoms with Gasteiger partial charge in [0, 0.05) is 17.5 Å². The van der Waals surface area contributed by atoms with Gasteiger partial charge in [-0.3, -0.25) is 9.59 Å². The Morgan fingerprint density at radius 3 is 2.44 bits per heavy atom. The number of amides is 1. The SMILES string of the molecule is COc1ccc(C(C)(C)CNC(=O)c2c(C)coc2CC(=O)O)cc1OC. The summed E-state index contributed by atoms with van der Waals surface area (Å²) in [5.74, 6) is -0.00576. The molecule has 7 nitrogen and oxygen atoms in total. The quantitative estimate of drug-likeness (QED) is 0.736. The van der Waals surface area contributed by atoms with E-state index < -0.39 is 5.97 Å². The van der Waals surface area contributed by atoms with Gasteiger partial charge in [0.05, 0.1) is 26.0 Å². The summed E-state index contributed by atoms with van der Waals surface area (Å²) in [6.07, 6.45) is 1.06. The Hall–Kier alpha value is -2.96. The zero-order valence-corrected chi connectivity index (χ0v) is 16.2. The molecule has 1 heterocycles. The van der Waals surface area contributed by atoms with Gasteiger partial charge in [0.1, 0.15) is 12.2 Å². The van der Waals surface area contributed by atoms with Crippen molar-refractivity contribution in [3.8, 4) is 11.5 Å². The minimum atomic E-state index is -1.05. The van der Waals surface area contributed by atoms with Gasteiger partial charge >= 0.3 is 5.97 Å². The van der Waals surface area contributed by atoms with Gasteiger partial charge in [-0.15, -0.1) is 0 Å². The van der Waals surface area contributed by atoms with Gasteiger partial charge < -0.3 is 24.3 Å². The average Bonchev–Trinajstić information content (AvgIpc) is 2.98. The molecule has 2 rings (SSSR count). The highest BCUT2D eigenvalue weighted by Crippen LogP contribution is 2.33. The van der Waals surface area contributed by atoms with E-state index in [-0.39, 0.29) is 29.1 Å². The van der Waals surface area contributed by atoms with Crippen LogP contribution in [0.1, 0.15) is 41.1 Å². The fourth-order valence-corrected chi connectivity index (χ4v) is 2.82. The van der Waals surface area contributed by atoms with Gasteiger partial charge in [0.25, 0.3) is 5.91 Å². The van der Waals surface area contributed by atoms with E-state index in [0.29, 0.717) is 23.6 Å². The van der Waals surface area contributed by atoms with Gasteiger partial charge in [-0.1, -0.05) is 19.9 Å². The molecule has 0 bridgehead atoms. The van der Waals surface area contributed by atoms with E-state index in [9.17, 15) is 9.59 Å². The number of benzene rings is 1. The number of carbonyl (C=O) groups excluding carboxylic acids is 1. The normalized spacial score (nSPS) is 11.1.